The van der Waals surface area contributed by atoms with Crippen molar-refractivity contribution < 1.29 is 23.8 Å². The smallest absolute Gasteiger partial charge is 0.311 e. The van der Waals surface area contributed by atoms with E-state index in [0.717, 1.165) is 12.0 Å². The first-order valence-corrected chi connectivity index (χ1v) is 13.0. The van der Waals surface area contributed by atoms with Crippen molar-refractivity contribution in [3.05, 3.63) is 69.7 Å². The molecule has 0 aliphatic rings. The number of ether oxygens (including phenoxy) is 3. The van der Waals surface area contributed by atoms with Gasteiger partial charge in [-0.2, -0.15) is 5.10 Å². The molecule has 0 radical (unpaired) electrons. The molecule has 0 spiro atoms. The standard InChI is InChI=1S/C26H29ClN4O5S/c1-3-34-22-12-19(15-29-31-26-30-20(17-37-26)13-25(33)35-4-2)21(27)14-23(22)36-16-24(32)28-11-10-18-8-6-5-7-9-18/h5-9,12,14-15,17H,3-4,10-11,13,16H2,1-2H3,(H,28,32)(H,30,31). The molecule has 37 heavy (non-hydrogen) atoms. The molecule has 0 aliphatic heterocycles. The molecule has 0 saturated heterocycles. The Morgan fingerprint density at radius 3 is 2.65 bits per heavy atom. The van der Waals surface area contributed by atoms with Gasteiger partial charge in [0.25, 0.3) is 5.91 Å². The fraction of sp³-hybridized carbons (Fsp3) is 0.308. The van der Waals surface area contributed by atoms with Gasteiger partial charge in [-0.1, -0.05) is 41.9 Å². The molecular weight excluding hydrogens is 516 g/mol. The number of hydrogen-bond donors (Lipinski definition) is 2. The van der Waals surface area contributed by atoms with Gasteiger partial charge in [0, 0.05) is 23.6 Å². The highest BCUT2D eigenvalue weighted by molar-refractivity contribution is 7.13. The second kappa shape index (κ2) is 14.8. The summed E-state index contributed by atoms with van der Waals surface area (Å²) < 4.78 is 16.3. The first-order valence-electron chi connectivity index (χ1n) is 11.8. The van der Waals surface area contributed by atoms with Crippen LogP contribution in [-0.2, 0) is 27.2 Å². The van der Waals surface area contributed by atoms with Crippen LogP contribution in [0.25, 0.3) is 0 Å². The maximum Gasteiger partial charge on any atom is 0.311 e. The van der Waals surface area contributed by atoms with E-state index in [1.165, 1.54) is 17.6 Å². The lowest BCUT2D eigenvalue weighted by molar-refractivity contribution is -0.142. The summed E-state index contributed by atoms with van der Waals surface area (Å²) >= 11 is 7.74. The lowest BCUT2D eigenvalue weighted by Crippen LogP contribution is -2.30. The van der Waals surface area contributed by atoms with Crippen LogP contribution in [0.1, 0.15) is 30.7 Å². The van der Waals surface area contributed by atoms with Crippen molar-refractivity contribution in [1.82, 2.24) is 10.3 Å². The lowest BCUT2D eigenvalue weighted by Gasteiger charge is -2.14. The molecule has 0 saturated carbocycles. The van der Waals surface area contributed by atoms with Crippen LogP contribution in [0.3, 0.4) is 0 Å². The van der Waals surface area contributed by atoms with Crippen LogP contribution in [0.4, 0.5) is 5.13 Å². The highest BCUT2D eigenvalue weighted by Crippen LogP contribution is 2.33. The average molecular weight is 545 g/mol. The van der Waals surface area contributed by atoms with E-state index in [-0.39, 0.29) is 24.9 Å². The zero-order chi connectivity index (χ0) is 26.5. The zero-order valence-electron chi connectivity index (χ0n) is 20.7. The van der Waals surface area contributed by atoms with Gasteiger partial charge in [-0.05, 0) is 31.9 Å². The normalized spacial score (nSPS) is 10.8. The van der Waals surface area contributed by atoms with Gasteiger partial charge in [0.15, 0.2) is 18.1 Å². The summed E-state index contributed by atoms with van der Waals surface area (Å²) in [5.41, 5.74) is 5.16. The van der Waals surface area contributed by atoms with Crippen molar-refractivity contribution in [2.24, 2.45) is 5.10 Å². The molecule has 9 nitrogen and oxygen atoms in total. The Balaban J connectivity index is 1.54. The van der Waals surface area contributed by atoms with Crippen LogP contribution < -0.4 is 20.2 Å². The van der Waals surface area contributed by atoms with E-state index in [0.29, 0.717) is 52.7 Å². The number of nitrogens with zero attached hydrogens (tertiary/aromatic N) is 2. The molecule has 0 atom stereocenters. The molecule has 11 heteroatoms. The highest BCUT2D eigenvalue weighted by Gasteiger charge is 2.13. The Morgan fingerprint density at radius 2 is 1.89 bits per heavy atom. The molecule has 1 heterocycles. The summed E-state index contributed by atoms with van der Waals surface area (Å²) in [5.74, 6) is 0.232. The summed E-state index contributed by atoms with van der Waals surface area (Å²) in [4.78, 5) is 28.1. The molecule has 2 N–H and O–H groups in total. The van der Waals surface area contributed by atoms with Crippen LogP contribution in [0, 0.1) is 0 Å². The Labute approximate surface area is 224 Å². The number of carbonyl (C=O) groups excluding carboxylic acids is 2. The average Bonchev–Trinajstić information content (AvgIpc) is 3.32. The quantitative estimate of drug-likeness (QED) is 0.175. The molecule has 3 aromatic rings. The fourth-order valence-corrected chi connectivity index (χ4v) is 4.03. The summed E-state index contributed by atoms with van der Waals surface area (Å²) in [6.45, 7) is 4.68. The van der Waals surface area contributed by atoms with Gasteiger partial charge in [0.2, 0.25) is 5.13 Å². The van der Waals surface area contributed by atoms with Gasteiger partial charge in [-0.25, -0.2) is 4.98 Å². The van der Waals surface area contributed by atoms with Gasteiger partial charge >= 0.3 is 5.97 Å². The molecule has 1 aromatic heterocycles. The van der Waals surface area contributed by atoms with Crippen molar-refractivity contribution in [3.63, 3.8) is 0 Å². The van der Waals surface area contributed by atoms with Gasteiger partial charge < -0.3 is 19.5 Å². The predicted molar refractivity (Wildman–Crippen MR) is 145 cm³/mol. The van der Waals surface area contributed by atoms with E-state index >= 15 is 0 Å². The summed E-state index contributed by atoms with van der Waals surface area (Å²) in [6.07, 6.45) is 2.36. The van der Waals surface area contributed by atoms with Crippen LogP contribution in [-0.4, -0.2) is 49.4 Å². The number of hydrogen-bond acceptors (Lipinski definition) is 9. The lowest BCUT2D eigenvalue weighted by atomic mass is 10.1. The topological polar surface area (TPSA) is 111 Å². The summed E-state index contributed by atoms with van der Waals surface area (Å²) in [5, 5.41) is 9.68. The third kappa shape index (κ3) is 9.40. The fourth-order valence-electron chi connectivity index (χ4n) is 3.17. The van der Waals surface area contributed by atoms with Crippen molar-refractivity contribution in [2.75, 3.05) is 31.8 Å². The van der Waals surface area contributed by atoms with Crippen LogP contribution >= 0.6 is 22.9 Å². The largest absolute Gasteiger partial charge is 0.490 e. The SMILES string of the molecule is CCOC(=O)Cc1csc(NN=Cc2cc(OCC)c(OCC(=O)NCCc3ccccc3)cc2Cl)n1. The number of thiazole rings is 1. The minimum Gasteiger partial charge on any atom is -0.490 e. The van der Waals surface area contributed by atoms with E-state index in [1.807, 2.05) is 37.3 Å². The third-order valence-corrected chi connectivity index (χ3v) is 5.97. The van der Waals surface area contributed by atoms with Gasteiger partial charge in [0.05, 0.1) is 36.6 Å². The number of anilines is 1. The van der Waals surface area contributed by atoms with Crippen LogP contribution in [0.15, 0.2) is 52.9 Å². The number of rotatable bonds is 14. The Kier molecular flexibility index (Phi) is 11.2. The third-order valence-electron chi connectivity index (χ3n) is 4.85. The van der Waals surface area contributed by atoms with E-state index in [9.17, 15) is 9.59 Å². The minimum atomic E-state index is -0.329. The molecule has 1 amide bonds. The summed E-state index contributed by atoms with van der Waals surface area (Å²) in [6, 6.07) is 13.2. The van der Waals surface area contributed by atoms with E-state index in [1.54, 1.807) is 24.4 Å². The van der Waals surface area contributed by atoms with Crippen molar-refractivity contribution in [3.8, 4) is 11.5 Å². The first kappa shape index (κ1) is 27.9. The van der Waals surface area contributed by atoms with E-state index < -0.39 is 0 Å². The van der Waals surface area contributed by atoms with E-state index in [2.05, 4.69) is 20.8 Å². The monoisotopic (exact) mass is 544 g/mol. The number of amides is 1. The van der Waals surface area contributed by atoms with Gasteiger partial charge in [-0.15, -0.1) is 11.3 Å². The highest BCUT2D eigenvalue weighted by atomic mass is 35.5. The molecule has 2 aromatic carbocycles. The predicted octanol–water partition coefficient (Wildman–Crippen LogP) is 4.48. The maximum atomic E-state index is 12.2. The molecule has 3 rings (SSSR count). The Bertz CT molecular complexity index is 1200. The van der Waals surface area contributed by atoms with Crippen molar-refractivity contribution >= 4 is 46.2 Å². The van der Waals surface area contributed by atoms with Gasteiger partial charge in [-0.3, -0.25) is 15.0 Å². The molecule has 0 bridgehead atoms. The van der Waals surface area contributed by atoms with Crippen LogP contribution in [0.5, 0.6) is 11.5 Å². The molecular formula is C26H29ClN4O5S. The second-order valence-corrected chi connectivity index (χ2v) is 8.89. The van der Waals surface area contributed by atoms with Crippen molar-refractivity contribution in [1.29, 1.82) is 0 Å². The number of benzene rings is 2. The number of carbonyl (C=O) groups is 2. The van der Waals surface area contributed by atoms with Gasteiger partial charge in [0.1, 0.15) is 0 Å². The maximum absolute atomic E-state index is 12.2. The molecule has 196 valence electrons. The molecule has 0 fully saturated rings. The minimum absolute atomic E-state index is 0.103. The number of nitrogens with one attached hydrogen (secondary N) is 2. The summed E-state index contributed by atoms with van der Waals surface area (Å²) in [7, 11) is 0. The molecule has 0 aliphatic carbocycles. The number of hydrazone groups is 1. The zero-order valence-corrected chi connectivity index (χ0v) is 22.2. The van der Waals surface area contributed by atoms with Crippen molar-refractivity contribution in [2.45, 2.75) is 26.7 Å². The first-order chi connectivity index (χ1) is 18.0. The second-order valence-electron chi connectivity index (χ2n) is 7.62. The van der Waals surface area contributed by atoms with Crippen LogP contribution in [0.2, 0.25) is 5.02 Å². The van der Waals surface area contributed by atoms with E-state index in [4.69, 9.17) is 25.8 Å². The Morgan fingerprint density at radius 1 is 1.11 bits per heavy atom. The number of esters is 1. The Hall–Kier alpha value is -3.63. The molecule has 0 unspecified atom stereocenters. The number of aromatic nitrogens is 1. The number of halogens is 1.